The van der Waals surface area contributed by atoms with Gasteiger partial charge in [0.1, 0.15) is 5.75 Å². The highest BCUT2D eigenvalue weighted by molar-refractivity contribution is 5.45. The first-order valence-electron chi connectivity index (χ1n) is 7.17. The van der Waals surface area contributed by atoms with Crippen molar-refractivity contribution in [3.05, 3.63) is 29.8 Å². The molecule has 0 N–H and O–H groups in total. The summed E-state index contributed by atoms with van der Waals surface area (Å²) >= 11 is 0. The molecule has 0 aromatic heterocycles. The molecule has 0 radical (unpaired) electrons. The molecule has 0 saturated carbocycles. The Balaban J connectivity index is 2.03. The Morgan fingerprint density at radius 3 is 2.44 bits per heavy atom. The number of hydrogen-bond acceptors (Lipinski definition) is 1. The van der Waals surface area contributed by atoms with Crippen LogP contribution < -0.4 is 4.74 Å². The van der Waals surface area contributed by atoms with Crippen LogP contribution in [-0.4, -0.2) is 6.61 Å². The van der Waals surface area contributed by atoms with Gasteiger partial charge in [0.15, 0.2) is 0 Å². The van der Waals surface area contributed by atoms with E-state index < -0.39 is 0 Å². The van der Waals surface area contributed by atoms with E-state index in [-0.39, 0.29) is 0 Å². The minimum Gasteiger partial charge on any atom is -0.492 e. The fraction of sp³-hybridized carbons (Fsp3) is 0.529. The average molecular weight is 242 g/mol. The van der Waals surface area contributed by atoms with E-state index in [1.54, 1.807) is 0 Å². The average Bonchev–Trinajstić information content (AvgIpc) is 2.41. The maximum atomic E-state index is 5.83. The molecule has 1 heterocycles. The molecule has 18 heavy (non-hydrogen) atoms. The van der Waals surface area contributed by atoms with Crippen molar-refractivity contribution in [2.24, 2.45) is 0 Å². The summed E-state index contributed by atoms with van der Waals surface area (Å²) in [6.45, 7) is 0.818. The van der Waals surface area contributed by atoms with E-state index in [2.05, 4.69) is 11.8 Å². The molecule has 1 aliphatic heterocycles. The highest BCUT2D eigenvalue weighted by Crippen LogP contribution is 2.18. The van der Waals surface area contributed by atoms with Gasteiger partial charge in [0.25, 0.3) is 0 Å². The summed E-state index contributed by atoms with van der Waals surface area (Å²) in [6.07, 6.45) is 10.1. The number of hydrogen-bond donors (Lipinski definition) is 0. The van der Waals surface area contributed by atoms with Gasteiger partial charge in [0, 0.05) is 6.42 Å². The van der Waals surface area contributed by atoms with Gasteiger partial charge in [0.2, 0.25) is 0 Å². The number of rotatable bonds is 0. The molecule has 1 aliphatic rings. The van der Waals surface area contributed by atoms with Crippen LogP contribution >= 0.6 is 0 Å². The van der Waals surface area contributed by atoms with Crippen LogP contribution in [0.4, 0.5) is 0 Å². The maximum Gasteiger partial charge on any atom is 0.134 e. The second kappa shape index (κ2) is 7.82. The quantitative estimate of drug-likeness (QED) is 0.606. The van der Waals surface area contributed by atoms with Crippen LogP contribution in [0.15, 0.2) is 24.3 Å². The maximum absolute atomic E-state index is 5.83. The topological polar surface area (TPSA) is 9.23 Å². The van der Waals surface area contributed by atoms with Crippen molar-refractivity contribution in [1.29, 1.82) is 0 Å². The first kappa shape index (κ1) is 13.0. The standard InChI is InChI=1S/C17H22O/c1-2-4-6-8-12-16-13-9-10-14-17(16)18-15-11-7-5-3-1/h9-10,13-14H,1-7,11,15H2. The van der Waals surface area contributed by atoms with Gasteiger partial charge in [-0.3, -0.25) is 0 Å². The van der Waals surface area contributed by atoms with Gasteiger partial charge in [0.05, 0.1) is 12.2 Å². The van der Waals surface area contributed by atoms with E-state index in [1.165, 1.54) is 38.5 Å². The van der Waals surface area contributed by atoms with Gasteiger partial charge in [-0.25, -0.2) is 0 Å². The minimum absolute atomic E-state index is 0.818. The molecule has 96 valence electrons. The highest BCUT2D eigenvalue weighted by Gasteiger charge is 2.00. The van der Waals surface area contributed by atoms with Crippen LogP contribution in [0.3, 0.4) is 0 Å². The van der Waals surface area contributed by atoms with Gasteiger partial charge >= 0.3 is 0 Å². The van der Waals surface area contributed by atoms with Crippen molar-refractivity contribution >= 4 is 0 Å². The Morgan fingerprint density at radius 2 is 1.56 bits per heavy atom. The SMILES string of the molecule is C1#Cc2ccccc2OCCCCCCCCC1. The summed E-state index contributed by atoms with van der Waals surface area (Å²) in [4.78, 5) is 0. The fourth-order valence-electron chi connectivity index (χ4n) is 2.23. The predicted molar refractivity (Wildman–Crippen MR) is 75.8 cm³/mol. The molecule has 0 amide bonds. The summed E-state index contributed by atoms with van der Waals surface area (Å²) in [7, 11) is 0. The normalized spacial score (nSPS) is 17.6. The first-order valence-corrected chi connectivity index (χ1v) is 7.17. The van der Waals surface area contributed by atoms with Crippen LogP contribution in [0.1, 0.15) is 56.9 Å². The first-order chi connectivity index (χ1) is 8.97. The molecule has 0 fully saturated rings. The van der Waals surface area contributed by atoms with E-state index in [4.69, 9.17) is 4.74 Å². The van der Waals surface area contributed by atoms with Crippen LogP contribution in [0.2, 0.25) is 0 Å². The van der Waals surface area contributed by atoms with Crippen molar-refractivity contribution < 1.29 is 4.74 Å². The lowest BCUT2D eigenvalue weighted by Crippen LogP contribution is -1.99. The van der Waals surface area contributed by atoms with Crippen molar-refractivity contribution in [2.75, 3.05) is 6.61 Å². The van der Waals surface area contributed by atoms with Crippen LogP contribution in [-0.2, 0) is 0 Å². The van der Waals surface area contributed by atoms with Crippen LogP contribution in [0, 0.1) is 11.8 Å². The molecule has 0 bridgehead atoms. The molecular formula is C17H22O. The minimum atomic E-state index is 0.818. The Labute approximate surface area is 111 Å². The summed E-state index contributed by atoms with van der Waals surface area (Å²) < 4.78 is 5.83. The third-order valence-corrected chi connectivity index (χ3v) is 3.31. The van der Waals surface area contributed by atoms with Crippen molar-refractivity contribution in [2.45, 2.75) is 51.4 Å². The van der Waals surface area contributed by atoms with Crippen LogP contribution in [0.25, 0.3) is 0 Å². The van der Waals surface area contributed by atoms with Gasteiger partial charge in [-0.2, -0.15) is 0 Å². The molecule has 0 atom stereocenters. The molecule has 1 aromatic rings. The van der Waals surface area contributed by atoms with E-state index >= 15 is 0 Å². The molecule has 0 spiro atoms. The highest BCUT2D eigenvalue weighted by atomic mass is 16.5. The molecule has 2 rings (SSSR count). The number of para-hydroxylation sites is 1. The molecule has 0 saturated heterocycles. The molecule has 1 aromatic carbocycles. The van der Waals surface area contributed by atoms with Crippen molar-refractivity contribution in [1.82, 2.24) is 0 Å². The molecule has 0 aliphatic carbocycles. The molecule has 1 nitrogen and oxygen atoms in total. The van der Waals surface area contributed by atoms with Gasteiger partial charge < -0.3 is 4.74 Å². The van der Waals surface area contributed by atoms with Crippen molar-refractivity contribution in [3.8, 4) is 17.6 Å². The molecule has 0 unspecified atom stereocenters. The Kier molecular flexibility index (Phi) is 5.66. The summed E-state index contributed by atoms with van der Waals surface area (Å²) in [6, 6.07) is 8.12. The van der Waals surface area contributed by atoms with E-state index in [1.807, 2.05) is 24.3 Å². The lowest BCUT2D eigenvalue weighted by Gasteiger charge is -2.08. The monoisotopic (exact) mass is 242 g/mol. The number of fused-ring (bicyclic) bond motifs is 1. The third kappa shape index (κ3) is 4.45. The largest absolute Gasteiger partial charge is 0.492 e. The smallest absolute Gasteiger partial charge is 0.134 e. The van der Waals surface area contributed by atoms with Gasteiger partial charge in [-0.15, -0.1) is 0 Å². The lowest BCUT2D eigenvalue weighted by molar-refractivity contribution is 0.303. The summed E-state index contributed by atoms with van der Waals surface area (Å²) in [5.74, 6) is 7.45. The lowest BCUT2D eigenvalue weighted by atomic mass is 10.1. The second-order valence-electron chi connectivity index (χ2n) is 4.87. The van der Waals surface area contributed by atoms with E-state index in [0.717, 1.165) is 30.8 Å². The Bertz CT molecular complexity index is 411. The zero-order valence-electron chi connectivity index (χ0n) is 11.1. The molecular weight excluding hydrogens is 220 g/mol. The van der Waals surface area contributed by atoms with Gasteiger partial charge in [-0.05, 0) is 25.0 Å². The summed E-state index contributed by atoms with van der Waals surface area (Å²) in [5.41, 5.74) is 1.04. The zero-order chi connectivity index (χ0) is 12.5. The number of benzene rings is 1. The Hall–Kier alpha value is -1.42. The fourth-order valence-corrected chi connectivity index (χ4v) is 2.23. The van der Waals surface area contributed by atoms with Gasteiger partial charge in [-0.1, -0.05) is 56.1 Å². The van der Waals surface area contributed by atoms with Crippen LogP contribution in [0.5, 0.6) is 5.75 Å². The Morgan fingerprint density at radius 1 is 0.833 bits per heavy atom. The molecule has 1 heteroatoms. The predicted octanol–water partition coefficient (Wildman–Crippen LogP) is 4.55. The zero-order valence-corrected chi connectivity index (χ0v) is 11.1. The number of ether oxygens (including phenoxy) is 1. The third-order valence-electron chi connectivity index (χ3n) is 3.31. The van der Waals surface area contributed by atoms with Crippen molar-refractivity contribution in [3.63, 3.8) is 0 Å². The second-order valence-corrected chi connectivity index (χ2v) is 4.87. The van der Waals surface area contributed by atoms with E-state index in [0.29, 0.717) is 0 Å². The summed E-state index contributed by atoms with van der Waals surface area (Å²) in [5, 5.41) is 0. The van der Waals surface area contributed by atoms with E-state index in [9.17, 15) is 0 Å².